The van der Waals surface area contributed by atoms with E-state index < -0.39 is 5.82 Å². The van der Waals surface area contributed by atoms with E-state index in [2.05, 4.69) is 24.0 Å². The second-order valence-corrected chi connectivity index (χ2v) is 7.53. The van der Waals surface area contributed by atoms with Crippen molar-refractivity contribution < 1.29 is 9.18 Å². The molecule has 0 amide bonds. The molecule has 2 nitrogen and oxygen atoms in total. The fraction of sp³-hybridized carbons (Fsp3) is 0.409. The quantitative estimate of drug-likeness (QED) is 0.650. The molecule has 138 valence electrons. The molecule has 26 heavy (non-hydrogen) atoms. The lowest BCUT2D eigenvalue weighted by Crippen LogP contribution is -2.34. The van der Waals surface area contributed by atoms with E-state index in [0.717, 1.165) is 24.4 Å². The number of benzene rings is 2. The summed E-state index contributed by atoms with van der Waals surface area (Å²) in [5, 5.41) is 0.175. The number of halogens is 2. The minimum Gasteiger partial charge on any atom is -0.304 e. The van der Waals surface area contributed by atoms with Crippen molar-refractivity contribution >= 4 is 17.4 Å². The Bertz CT molecular complexity index is 768. The average molecular weight is 374 g/mol. The normalized spacial score (nSPS) is 16.0. The van der Waals surface area contributed by atoms with Crippen LogP contribution in [0.3, 0.4) is 0 Å². The highest BCUT2D eigenvalue weighted by Crippen LogP contribution is 2.23. The first kappa shape index (κ1) is 19.1. The number of carbonyl (C=O) groups is 1. The molecular formula is C22H25ClFNO. The number of ketones is 1. The van der Waals surface area contributed by atoms with Crippen molar-refractivity contribution in [3.8, 4) is 0 Å². The van der Waals surface area contributed by atoms with Crippen LogP contribution in [-0.2, 0) is 12.8 Å². The first-order valence-corrected chi connectivity index (χ1v) is 9.71. The summed E-state index contributed by atoms with van der Waals surface area (Å²) in [7, 11) is 0. The number of nitrogens with zero attached hydrogens (tertiary/aromatic N) is 1. The van der Waals surface area contributed by atoms with E-state index in [-0.39, 0.29) is 17.2 Å². The van der Waals surface area contributed by atoms with E-state index in [1.165, 1.54) is 49.7 Å². The minimum absolute atomic E-state index is 0.0802. The zero-order chi connectivity index (χ0) is 18.5. The van der Waals surface area contributed by atoms with E-state index in [0.29, 0.717) is 5.56 Å². The van der Waals surface area contributed by atoms with Crippen LogP contribution in [0.4, 0.5) is 4.39 Å². The molecule has 1 saturated heterocycles. The third kappa shape index (κ3) is 4.93. The highest BCUT2D eigenvalue weighted by Gasteiger charge is 2.18. The third-order valence-corrected chi connectivity index (χ3v) is 5.58. The largest absolute Gasteiger partial charge is 0.304 e. The molecule has 4 heteroatoms. The Hall–Kier alpha value is -1.71. The molecular weight excluding hydrogens is 349 g/mol. The zero-order valence-corrected chi connectivity index (χ0v) is 15.9. The molecule has 1 aliphatic rings. The zero-order valence-electron chi connectivity index (χ0n) is 15.2. The van der Waals surface area contributed by atoms with Gasteiger partial charge in [0.25, 0.3) is 0 Å². The molecule has 0 aromatic heterocycles. The highest BCUT2D eigenvalue weighted by atomic mass is 35.5. The molecule has 1 heterocycles. The summed E-state index contributed by atoms with van der Waals surface area (Å²) >= 11 is 6.01. The maximum atomic E-state index is 13.2. The molecule has 0 radical (unpaired) electrons. The Morgan fingerprint density at radius 2 is 1.88 bits per heavy atom. The summed E-state index contributed by atoms with van der Waals surface area (Å²) in [4.78, 5) is 15.0. The number of Topliss-reactive ketones (excluding diaryl/α,β-unsaturated/α-hetero) is 1. The third-order valence-electron chi connectivity index (χ3n) is 5.27. The molecule has 3 rings (SSSR count). The van der Waals surface area contributed by atoms with Gasteiger partial charge in [-0.25, -0.2) is 4.39 Å². The molecule has 2 aromatic carbocycles. The Labute approximate surface area is 160 Å². The summed E-state index contributed by atoms with van der Waals surface area (Å²) in [6, 6.07) is 12.2. The monoisotopic (exact) mass is 373 g/mol. The Kier molecular flexibility index (Phi) is 6.44. The lowest BCUT2D eigenvalue weighted by molar-refractivity contribution is 0.0993. The fourth-order valence-corrected chi connectivity index (χ4v) is 3.98. The van der Waals surface area contributed by atoms with E-state index in [1.807, 2.05) is 12.1 Å². The second kappa shape index (κ2) is 8.79. The van der Waals surface area contributed by atoms with Gasteiger partial charge < -0.3 is 4.90 Å². The predicted molar refractivity (Wildman–Crippen MR) is 104 cm³/mol. The summed E-state index contributed by atoms with van der Waals surface area (Å²) in [5.74, 6) is 0.210. The van der Waals surface area contributed by atoms with Crippen molar-refractivity contribution in [2.75, 3.05) is 19.6 Å². The topological polar surface area (TPSA) is 20.3 Å². The number of likely N-dealkylation sites (tertiary alicyclic amines) is 1. The highest BCUT2D eigenvalue weighted by molar-refractivity contribution is 6.34. The van der Waals surface area contributed by atoms with Crippen molar-refractivity contribution in [2.24, 2.45) is 5.92 Å². The van der Waals surface area contributed by atoms with Gasteiger partial charge in [-0.1, -0.05) is 42.8 Å². The van der Waals surface area contributed by atoms with E-state index in [9.17, 15) is 9.18 Å². The molecule has 0 bridgehead atoms. The smallest absolute Gasteiger partial charge is 0.168 e. The summed E-state index contributed by atoms with van der Waals surface area (Å²) in [6.07, 6.45) is 3.83. The lowest BCUT2D eigenvalue weighted by Gasteiger charge is -2.31. The standard InChI is InChI=1S/C22H25ClFNO/c1-2-25-10-8-16(9-11-25)12-17-4-3-5-18(13-17)14-22(26)20-7-6-19(24)15-21(20)23/h3-7,13,15-16H,2,8-12,14H2,1H3. The van der Waals surface area contributed by atoms with Gasteiger partial charge in [0.1, 0.15) is 5.82 Å². The van der Waals surface area contributed by atoms with Crippen LogP contribution in [0.2, 0.25) is 5.02 Å². The average Bonchev–Trinajstić information content (AvgIpc) is 2.62. The van der Waals surface area contributed by atoms with Gasteiger partial charge in [0, 0.05) is 12.0 Å². The van der Waals surface area contributed by atoms with Crippen LogP contribution >= 0.6 is 11.6 Å². The second-order valence-electron chi connectivity index (χ2n) is 7.13. The van der Waals surface area contributed by atoms with Crippen LogP contribution in [0.5, 0.6) is 0 Å². The van der Waals surface area contributed by atoms with Crippen molar-refractivity contribution in [3.63, 3.8) is 0 Å². The summed E-state index contributed by atoms with van der Waals surface area (Å²) in [5.41, 5.74) is 2.65. The molecule has 1 aliphatic heterocycles. The molecule has 0 saturated carbocycles. The van der Waals surface area contributed by atoms with Crippen LogP contribution in [0.15, 0.2) is 42.5 Å². The summed E-state index contributed by atoms with van der Waals surface area (Å²) in [6.45, 7) is 5.72. The Morgan fingerprint density at radius 3 is 2.58 bits per heavy atom. The maximum Gasteiger partial charge on any atom is 0.168 e. The first-order chi connectivity index (χ1) is 12.5. The van der Waals surface area contributed by atoms with Crippen molar-refractivity contribution in [3.05, 3.63) is 70.0 Å². The van der Waals surface area contributed by atoms with Gasteiger partial charge in [-0.2, -0.15) is 0 Å². The Balaban J connectivity index is 1.63. The molecule has 0 unspecified atom stereocenters. The molecule has 0 N–H and O–H groups in total. The van der Waals surface area contributed by atoms with Crippen molar-refractivity contribution in [1.82, 2.24) is 4.90 Å². The lowest BCUT2D eigenvalue weighted by atomic mass is 9.89. The van der Waals surface area contributed by atoms with Crippen LogP contribution in [-0.4, -0.2) is 30.3 Å². The molecule has 0 atom stereocenters. The van der Waals surface area contributed by atoms with Gasteiger partial charge in [0.05, 0.1) is 5.02 Å². The van der Waals surface area contributed by atoms with E-state index in [4.69, 9.17) is 11.6 Å². The number of hydrogen-bond donors (Lipinski definition) is 0. The number of hydrogen-bond acceptors (Lipinski definition) is 2. The van der Waals surface area contributed by atoms with Gasteiger partial charge in [-0.15, -0.1) is 0 Å². The maximum absolute atomic E-state index is 13.2. The van der Waals surface area contributed by atoms with Gasteiger partial charge >= 0.3 is 0 Å². The number of piperidine rings is 1. The molecule has 2 aromatic rings. The van der Waals surface area contributed by atoms with Gasteiger partial charge in [0.15, 0.2) is 5.78 Å². The van der Waals surface area contributed by atoms with E-state index in [1.54, 1.807) is 0 Å². The van der Waals surface area contributed by atoms with Crippen LogP contribution in [0.25, 0.3) is 0 Å². The number of carbonyl (C=O) groups excluding carboxylic acids is 1. The van der Waals surface area contributed by atoms with Crippen LogP contribution in [0.1, 0.15) is 41.3 Å². The number of rotatable bonds is 6. The Morgan fingerprint density at radius 1 is 1.15 bits per heavy atom. The molecule has 0 spiro atoms. The first-order valence-electron chi connectivity index (χ1n) is 9.33. The summed E-state index contributed by atoms with van der Waals surface area (Å²) < 4.78 is 13.2. The predicted octanol–water partition coefficient (Wildman–Crippen LogP) is 5.18. The SMILES string of the molecule is CCN1CCC(Cc2cccc(CC(=O)c3ccc(F)cc3Cl)c2)CC1. The van der Waals surface area contributed by atoms with Crippen molar-refractivity contribution in [1.29, 1.82) is 0 Å². The van der Waals surface area contributed by atoms with Crippen LogP contribution in [0, 0.1) is 11.7 Å². The molecule has 0 aliphatic carbocycles. The minimum atomic E-state index is -0.428. The molecule has 1 fully saturated rings. The van der Waals surface area contributed by atoms with Gasteiger partial charge in [-0.05, 0) is 74.1 Å². The van der Waals surface area contributed by atoms with Gasteiger partial charge in [-0.3, -0.25) is 4.79 Å². The van der Waals surface area contributed by atoms with Gasteiger partial charge in [0.2, 0.25) is 0 Å². The van der Waals surface area contributed by atoms with Crippen molar-refractivity contribution in [2.45, 2.75) is 32.6 Å². The fourth-order valence-electron chi connectivity index (χ4n) is 3.70. The van der Waals surface area contributed by atoms with Crippen LogP contribution < -0.4 is 0 Å². The van der Waals surface area contributed by atoms with E-state index >= 15 is 0 Å².